The summed E-state index contributed by atoms with van der Waals surface area (Å²) in [5.74, 6) is 0.439. The minimum atomic E-state index is -4.57. The number of benzene rings is 1. The van der Waals surface area contributed by atoms with Gasteiger partial charge in [0.1, 0.15) is 11.4 Å². The number of aryl methyl sites for hydroxylation is 1. The summed E-state index contributed by atoms with van der Waals surface area (Å²) in [6.07, 6.45) is -4.34. The predicted molar refractivity (Wildman–Crippen MR) is 59.9 cm³/mol. The molecule has 18 heavy (non-hydrogen) atoms. The van der Waals surface area contributed by atoms with E-state index in [1.165, 1.54) is 32.4 Å². The molecule has 0 aliphatic rings. The number of carbonyl (C=O) groups excluding carboxylic acids is 1. The topological polar surface area (TPSA) is 31.2 Å². The van der Waals surface area contributed by atoms with Crippen LogP contribution in [0.5, 0.6) is 5.75 Å². The molecule has 0 radical (unpaired) electrons. The van der Waals surface area contributed by atoms with Crippen LogP contribution >= 0.6 is 0 Å². The van der Waals surface area contributed by atoms with Crippen LogP contribution in [0.2, 0.25) is 0 Å². The van der Waals surface area contributed by atoms with E-state index in [2.05, 4.69) is 0 Å². The lowest BCUT2D eigenvalue weighted by Gasteiger charge is -2.09. The lowest BCUT2D eigenvalue weighted by Crippen LogP contribution is -2.13. The molecule has 0 amide bonds. The molecule has 96 valence electrons. The van der Waals surface area contributed by atoms with Crippen LogP contribution in [0.4, 0.5) is 13.2 Å². The molecule has 0 N–H and O–H groups in total. The van der Waals surface area contributed by atoms with E-state index in [1.807, 2.05) is 0 Å². The zero-order valence-electron chi connectivity index (χ0n) is 9.71. The first-order valence-electron chi connectivity index (χ1n) is 5.09. The van der Waals surface area contributed by atoms with Crippen LogP contribution in [0, 0.1) is 0 Å². The molecule has 0 fully saturated rings. The highest BCUT2D eigenvalue weighted by Gasteiger charge is 2.38. The molecule has 1 aromatic carbocycles. The maximum atomic E-state index is 12.9. The molecule has 6 heteroatoms. The number of hydrogen-bond acceptors (Lipinski definition) is 2. The number of fused-ring (bicyclic) bond motifs is 1. The van der Waals surface area contributed by atoms with Crippen molar-refractivity contribution in [2.45, 2.75) is 6.18 Å². The zero-order chi connectivity index (χ0) is 13.5. The Kier molecular flexibility index (Phi) is 2.80. The van der Waals surface area contributed by atoms with Crippen LogP contribution in [0.1, 0.15) is 16.1 Å². The van der Waals surface area contributed by atoms with E-state index < -0.39 is 11.9 Å². The van der Waals surface area contributed by atoms with E-state index in [1.54, 1.807) is 0 Å². The fraction of sp³-hybridized carbons (Fsp3) is 0.250. The third-order valence-corrected chi connectivity index (χ3v) is 2.83. The van der Waals surface area contributed by atoms with E-state index >= 15 is 0 Å². The van der Waals surface area contributed by atoms with Crippen LogP contribution < -0.4 is 4.74 Å². The number of nitrogens with zero attached hydrogens (tertiary/aromatic N) is 1. The Morgan fingerprint density at radius 2 is 2.00 bits per heavy atom. The second kappa shape index (κ2) is 4.04. The van der Waals surface area contributed by atoms with Crippen LogP contribution in [0.3, 0.4) is 0 Å². The maximum Gasteiger partial charge on any atom is 0.432 e. The number of hydrogen-bond donors (Lipinski definition) is 0. The number of aldehydes is 1. The maximum absolute atomic E-state index is 12.9. The molecule has 0 unspecified atom stereocenters. The molecule has 2 rings (SSSR count). The van der Waals surface area contributed by atoms with Crippen LogP contribution in [0.25, 0.3) is 10.9 Å². The summed E-state index contributed by atoms with van der Waals surface area (Å²) < 4.78 is 44.6. The van der Waals surface area contributed by atoms with Gasteiger partial charge in [-0.25, -0.2) is 0 Å². The predicted octanol–water partition coefficient (Wildman–Crippen LogP) is 3.02. The van der Waals surface area contributed by atoms with Gasteiger partial charge in [0.25, 0.3) is 0 Å². The fourth-order valence-corrected chi connectivity index (χ4v) is 2.03. The largest absolute Gasteiger partial charge is 0.497 e. The molecule has 1 aromatic heterocycles. The van der Waals surface area contributed by atoms with Crippen LogP contribution in [-0.4, -0.2) is 18.0 Å². The third kappa shape index (κ3) is 1.73. The SMILES string of the molecule is COc1ccc2c(C=O)c(C(F)(F)F)n(C)c2c1. The Hall–Kier alpha value is -1.98. The molecular formula is C12H10F3NO2. The van der Waals surface area contributed by atoms with E-state index in [0.29, 0.717) is 11.3 Å². The van der Waals surface area contributed by atoms with Crippen molar-refractivity contribution >= 4 is 17.2 Å². The molecule has 0 spiro atoms. The van der Waals surface area contributed by atoms with Gasteiger partial charge >= 0.3 is 6.18 Å². The number of carbonyl (C=O) groups is 1. The third-order valence-electron chi connectivity index (χ3n) is 2.83. The zero-order valence-corrected chi connectivity index (χ0v) is 9.71. The first kappa shape index (κ1) is 12.5. The molecule has 0 aliphatic carbocycles. The van der Waals surface area contributed by atoms with Crippen LogP contribution in [-0.2, 0) is 13.2 Å². The van der Waals surface area contributed by atoms with Gasteiger partial charge in [0.2, 0.25) is 0 Å². The second-order valence-corrected chi connectivity index (χ2v) is 3.82. The molecule has 0 saturated heterocycles. The van der Waals surface area contributed by atoms with E-state index in [9.17, 15) is 18.0 Å². The number of aromatic nitrogens is 1. The Morgan fingerprint density at radius 3 is 2.50 bits per heavy atom. The van der Waals surface area contributed by atoms with E-state index in [4.69, 9.17) is 4.74 Å². The minimum absolute atomic E-state index is 0.234. The number of alkyl halides is 3. The first-order valence-corrected chi connectivity index (χ1v) is 5.09. The average Bonchev–Trinajstić information content (AvgIpc) is 2.61. The molecule has 0 atom stereocenters. The second-order valence-electron chi connectivity index (χ2n) is 3.82. The molecule has 1 heterocycles. The van der Waals surface area contributed by atoms with Gasteiger partial charge in [-0.15, -0.1) is 0 Å². The van der Waals surface area contributed by atoms with Crippen molar-refractivity contribution in [3.05, 3.63) is 29.5 Å². The Bertz CT molecular complexity index is 614. The molecule has 0 aliphatic heterocycles. The normalized spacial score (nSPS) is 11.8. The van der Waals surface area contributed by atoms with Gasteiger partial charge in [-0.2, -0.15) is 13.2 Å². The molecule has 0 bridgehead atoms. The Balaban J connectivity index is 2.87. The number of methoxy groups -OCH3 is 1. The molecule has 0 saturated carbocycles. The number of halogens is 3. The van der Waals surface area contributed by atoms with Crippen molar-refractivity contribution in [3.63, 3.8) is 0 Å². The number of rotatable bonds is 2. The van der Waals surface area contributed by atoms with Crippen molar-refractivity contribution in [3.8, 4) is 5.75 Å². The van der Waals surface area contributed by atoms with Gasteiger partial charge < -0.3 is 9.30 Å². The summed E-state index contributed by atoms with van der Waals surface area (Å²) in [7, 11) is 2.70. The summed E-state index contributed by atoms with van der Waals surface area (Å²) in [6.45, 7) is 0. The molecule has 3 nitrogen and oxygen atoms in total. The van der Waals surface area contributed by atoms with Gasteiger partial charge in [-0.05, 0) is 12.1 Å². The summed E-state index contributed by atoms with van der Waals surface area (Å²) in [5.41, 5.74) is -0.979. The van der Waals surface area contributed by atoms with Crippen molar-refractivity contribution in [2.75, 3.05) is 7.11 Å². The quantitative estimate of drug-likeness (QED) is 0.774. The van der Waals surface area contributed by atoms with Gasteiger partial charge in [-0.1, -0.05) is 0 Å². The smallest absolute Gasteiger partial charge is 0.432 e. The summed E-state index contributed by atoms with van der Waals surface area (Å²) >= 11 is 0. The lowest BCUT2D eigenvalue weighted by molar-refractivity contribution is -0.143. The van der Waals surface area contributed by atoms with Gasteiger partial charge in [-0.3, -0.25) is 4.79 Å². The Labute approximate surface area is 101 Å². The van der Waals surface area contributed by atoms with Crippen molar-refractivity contribution in [2.24, 2.45) is 7.05 Å². The highest BCUT2D eigenvalue weighted by Crippen LogP contribution is 2.37. The van der Waals surface area contributed by atoms with E-state index in [0.717, 1.165) is 4.57 Å². The summed E-state index contributed by atoms with van der Waals surface area (Å²) in [5, 5.41) is 0.264. The number of ether oxygens (including phenoxy) is 1. The lowest BCUT2D eigenvalue weighted by atomic mass is 10.1. The standard InChI is InChI=1S/C12H10F3NO2/c1-16-10-5-7(18-2)3-4-8(10)9(6-17)11(16)12(13,14)15/h3-6H,1-2H3. The minimum Gasteiger partial charge on any atom is -0.497 e. The summed E-state index contributed by atoms with van der Waals surface area (Å²) in [6, 6.07) is 4.44. The van der Waals surface area contributed by atoms with Crippen molar-refractivity contribution < 1.29 is 22.7 Å². The fourth-order valence-electron chi connectivity index (χ4n) is 2.03. The van der Waals surface area contributed by atoms with Crippen molar-refractivity contribution in [1.82, 2.24) is 4.57 Å². The molecule has 2 aromatic rings. The highest BCUT2D eigenvalue weighted by atomic mass is 19.4. The molecular weight excluding hydrogens is 247 g/mol. The van der Waals surface area contributed by atoms with E-state index in [-0.39, 0.29) is 17.2 Å². The first-order chi connectivity index (χ1) is 8.40. The van der Waals surface area contributed by atoms with Gasteiger partial charge in [0.15, 0.2) is 6.29 Å². The summed E-state index contributed by atoms with van der Waals surface area (Å²) in [4.78, 5) is 10.9. The van der Waals surface area contributed by atoms with Gasteiger partial charge in [0.05, 0.1) is 18.2 Å². The average molecular weight is 257 g/mol. The highest BCUT2D eigenvalue weighted by molar-refractivity contribution is 6.00. The van der Waals surface area contributed by atoms with Crippen LogP contribution in [0.15, 0.2) is 18.2 Å². The Morgan fingerprint density at radius 1 is 1.33 bits per heavy atom. The van der Waals surface area contributed by atoms with Crippen molar-refractivity contribution in [1.29, 1.82) is 0 Å². The monoisotopic (exact) mass is 257 g/mol. The van der Waals surface area contributed by atoms with Gasteiger partial charge in [0, 0.05) is 18.5 Å².